The molecule has 1 saturated heterocycles. The number of para-hydroxylation sites is 1. The zero-order valence-corrected chi connectivity index (χ0v) is 16.0. The molecular formula is C22H25FN2O3. The molecule has 28 heavy (non-hydrogen) atoms. The molecule has 0 unspecified atom stereocenters. The molecule has 6 heteroatoms. The molecule has 0 radical (unpaired) electrons. The molecule has 0 spiro atoms. The van der Waals surface area contributed by atoms with Crippen molar-refractivity contribution in [2.24, 2.45) is 0 Å². The van der Waals surface area contributed by atoms with E-state index in [-0.39, 0.29) is 24.5 Å². The Morgan fingerprint density at radius 3 is 2.61 bits per heavy atom. The Bertz CT molecular complexity index is 832. The van der Waals surface area contributed by atoms with E-state index in [1.165, 1.54) is 18.2 Å². The number of piperidine rings is 1. The summed E-state index contributed by atoms with van der Waals surface area (Å²) in [6.45, 7) is 3.07. The number of hydrogen-bond donors (Lipinski definition) is 1. The second-order valence-corrected chi connectivity index (χ2v) is 6.89. The summed E-state index contributed by atoms with van der Waals surface area (Å²) in [4.78, 5) is 26.4. The number of likely N-dealkylation sites (tertiary alicyclic amines) is 1. The molecule has 3 rings (SSSR count). The van der Waals surface area contributed by atoms with Gasteiger partial charge in [-0.05, 0) is 49.1 Å². The largest absolute Gasteiger partial charge is 0.483 e. The molecular weight excluding hydrogens is 359 g/mol. The van der Waals surface area contributed by atoms with Crippen LogP contribution < -0.4 is 10.1 Å². The normalized spacial score (nSPS) is 14.6. The van der Waals surface area contributed by atoms with Crippen LogP contribution in [-0.4, -0.2) is 42.5 Å². The van der Waals surface area contributed by atoms with Crippen molar-refractivity contribution in [2.75, 3.05) is 19.7 Å². The van der Waals surface area contributed by atoms with E-state index in [1.807, 2.05) is 31.2 Å². The Morgan fingerprint density at radius 1 is 1.14 bits per heavy atom. The first-order chi connectivity index (χ1) is 13.6. The van der Waals surface area contributed by atoms with Gasteiger partial charge < -0.3 is 15.0 Å². The van der Waals surface area contributed by atoms with Crippen LogP contribution in [-0.2, 0) is 11.2 Å². The number of rotatable bonds is 6. The highest BCUT2D eigenvalue weighted by atomic mass is 19.1. The molecule has 0 aromatic heterocycles. The summed E-state index contributed by atoms with van der Waals surface area (Å²) in [5, 5.41) is 2.97. The predicted octanol–water partition coefficient (Wildman–Crippen LogP) is 3.19. The number of carbonyl (C=O) groups excluding carboxylic acids is 2. The summed E-state index contributed by atoms with van der Waals surface area (Å²) in [6, 6.07) is 13.4. The van der Waals surface area contributed by atoms with Gasteiger partial charge in [-0.25, -0.2) is 4.39 Å². The molecule has 5 nitrogen and oxygen atoms in total. The van der Waals surface area contributed by atoms with Gasteiger partial charge in [0.1, 0.15) is 11.6 Å². The van der Waals surface area contributed by atoms with Crippen LogP contribution in [0.5, 0.6) is 5.75 Å². The van der Waals surface area contributed by atoms with Gasteiger partial charge >= 0.3 is 0 Å². The van der Waals surface area contributed by atoms with Crippen molar-refractivity contribution in [1.29, 1.82) is 0 Å². The first-order valence-corrected chi connectivity index (χ1v) is 9.61. The number of halogens is 1. The van der Waals surface area contributed by atoms with Crippen LogP contribution in [0.25, 0.3) is 0 Å². The number of amides is 2. The van der Waals surface area contributed by atoms with Crippen molar-refractivity contribution in [2.45, 2.75) is 32.2 Å². The summed E-state index contributed by atoms with van der Waals surface area (Å²) in [7, 11) is 0. The summed E-state index contributed by atoms with van der Waals surface area (Å²) in [6.07, 6.45) is 2.17. The molecule has 1 aliphatic rings. The highest BCUT2D eigenvalue weighted by Gasteiger charge is 2.25. The van der Waals surface area contributed by atoms with Crippen molar-refractivity contribution in [3.63, 3.8) is 0 Å². The molecule has 0 bridgehead atoms. The van der Waals surface area contributed by atoms with Crippen LogP contribution in [0.4, 0.5) is 4.39 Å². The monoisotopic (exact) mass is 384 g/mol. The summed E-state index contributed by atoms with van der Waals surface area (Å²) >= 11 is 0. The third-order valence-corrected chi connectivity index (χ3v) is 4.93. The van der Waals surface area contributed by atoms with E-state index < -0.39 is 5.82 Å². The Balaban J connectivity index is 1.45. The average Bonchev–Trinajstić information content (AvgIpc) is 2.72. The highest BCUT2D eigenvalue weighted by molar-refractivity contribution is 5.94. The zero-order chi connectivity index (χ0) is 19.9. The van der Waals surface area contributed by atoms with Crippen LogP contribution in [0, 0.1) is 5.82 Å². The Hall–Kier alpha value is -2.89. The van der Waals surface area contributed by atoms with Crippen LogP contribution in [0.3, 0.4) is 0 Å². The van der Waals surface area contributed by atoms with Crippen molar-refractivity contribution < 1.29 is 18.7 Å². The molecule has 1 N–H and O–H groups in total. The van der Waals surface area contributed by atoms with Gasteiger partial charge in [0.2, 0.25) is 0 Å². The summed E-state index contributed by atoms with van der Waals surface area (Å²) in [5.41, 5.74) is 1.42. The second kappa shape index (κ2) is 9.35. The predicted molar refractivity (Wildman–Crippen MR) is 105 cm³/mol. The Morgan fingerprint density at radius 2 is 1.89 bits per heavy atom. The van der Waals surface area contributed by atoms with Gasteiger partial charge in [-0.15, -0.1) is 0 Å². The molecule has 1 fully saturated rings. The van der Waals surface area contributed by atoms with Gasteiger partial charge in [0, 0.05) is 24.7 Å². The fourth-order valence-corrected chi connectivity index (χ4v) is 3.38. The molecule has 0 aliphatic carbocycles. The van der Waals surface area contributed by atoms with Crippen molar-refractivity contribution in [1.82, 2.24) is 10.2 Å². The quantitative estimate of drug-likeness (QED) is 0.832. The van der Waals surface area contributed by atoms with Crippen molar-refractivity contribution in [3.05, 3.63) is 65.5 Å². The molecule has 148 valence electrons. The molecule has 1 aliphatic heterocycles. The maximum atomic E-state index is 13.3. The van der Waals surface area contributed by atoms with E-state index in [2.05, 4.69) is 5.32 Å². The summed E-state index contributed by atoms with van der Waals surface area (Å²) < 4.78 is 19.0. The number of nitrogens with zero attached hydrogens (tertiary/aromatic N) is 1. The van der Waals surface area contributed by atoms with Gasteiger partial charge in [-0.2, -0.15) is 0 Å². The van der Waals surface area contributed by atoms with Gasteiger partial charge in [0.25, 0.3) is 11.8 Å². The Labute approximate surface area is 164 Å². The van der Waals surface area contributed by atoms with Crippen molar-refractivity contribution in [3.8, 4) is 5.75 Å². The average molecular weight is 384 g/mol. The lowest BCUT2D eigenvalue weighted by Crippen LogP contribution is -2.47. The zero-order valence-electron chi connectivity index (χ0n) is 16.0. The van der Waals surface area contributed by atoms with E-state index in [4.69, 9.17) is 4.74 Å². The third-order valence-electron chi connectivity index (χ3n) is 4.93. The number of aryl methyl sites for hydroxylation is 1. The maximum Gasteiger partial charge on any atom is 0.258 e. The molecule has 2 aromatic carbocycles. The first kappa shape index (κ1) is 19.9. The smallest absolute Gasteiger partial charge is 0.258 e. The summed E-state index contributed by atoms with van der Waals surface area (Å²) in [5.74, 6) is -0.0297. The van der Waals surface area contributed by atoms with Crippen LogP contribution in [0.1, 0.15) is 35.7 Å². The third kappa shape index (κ3) is 5.09. The van der Waals surface area contributed by atoms with E-state index in [0.29, 0.717) is 31.5 Å². The highest BCUT2D eigenvalue weighted by Crippen LogP contribution is 2.18. The Kier molecular flexibility index (Phi) is 6.63. The van der Waals surface area contributed by atoms with E-state index in [1.54, 1.807) is 11.0 Å². The lowest BCUT2D eigenvalue weighted by molar-refractivity contribution is -0.124. The van der Waals surface area contributed by atoms with E-state index in [9.17, 15) is 14.0 Å². The van der Waals surface area contributed by atoms with Gasteiger partial charge in [0.05, 0.1) is 0 Å². The fourth-order valence-electron chi connectivity index (χ4n) is 3.38. The number of ether oxygens (including phenoxy) is 1. The standard InChI is InChI=1S/C22H25FN2O3/c1-2-16-6-3-4-9-20(16)28-15-21(26)24-19-10-12-25(13-11-19)22(27)17-7-5-8-18(23)14-17/h3-9,14,19H,2,10-13,15H2,1H3,(H,24,26). The molecule has 1 heterocycles. The maximum absolute atomic E-state index is 13.3. The second-order valence-electron chi connectivity index (χ2n) is 6.89. The minimum absolute atomic E-state index is 0.00841. The topological polar surface area (TPSA) is 58.6 Å². The van der Waals surface area contributed by atoms with E-state index >= 15 is 0 Å². The van der Waals surface area contributed by atoms with Gasteiger partial charge in [0.15, 0.2) is 6.61 Å². The minimum Gasteiger partial charge on any atom is -0.483 e. The minimum atomic E-state index is -0.419. The number of benzene rings is 2. The molecule has 2 amide bonds. The van der Waals surface area contributed by atoms with Crippen LogP contribution in [0.15, 0.2) is 48.5 Å². The molecule has 0 saturated carbocycles. The molecule has 0 atom stereocenters. The van der Waals surface area contributed by atoms with Gasteiger partial charge in [-0.3, -0.25) is 9.59 Å². The van der Waals surface area contributed by atoms with Crippen LogP contribution in [0.2, 0.25) is 0 Å². The lowest BCUT2D eigenvalue weighted by Gasteiger charge is -2.32. The number of nitrogens with one attached hydrogen (secondary N) is 1. The number of carbonyl (C=O) groups is 2. The molecule has 2 aromatic rings. The SMILES string of the molecule is CCc1ccccc1OCC(=O)NC1CCN(C(=O)c2cccc(F)c2)CC1. The number of hydrogen-bond acceptors (Lipinski definition) is 3. The van der Waals surface area contributed by atoms with Crippen LogP contribution >= 0.6 is 0 Å². The van der Waals surface area contributed by atoms with Gasteiger partial charge in [-0.1, -0.05) is 31.2 Å². The van der Waals surface area contributed by atoms with E-state index in [0.717, 1.165) is 17.7 Å². The fraction of sp³-hybridized carbons (Fsp3) is 0.364. The lowest BCUT2D eigenvalue weighted by atomic mass is 10.0. The van der Waals surface area contributed by atoms with Crippen molar-refractivity contribution >= 4 is 11.8 Å². The first-order valence-electron chi connectivity index (χ1n) is 9.61.